The number of azo groups is 1. The molecule has 2 rings (SSSR count). The number of nitrogens with zero attached hydrogens (tertiary/aromatic N) is 3. The number of ether oxygens (including phenoxy) is 1. The first-order valence-electron chi connectivity index (χ1n) is 5.15. The lowest BCUT2D eigenvalue weighted by Crippen LogP contribution is -1.92. The van der Waals surface area contributed by atoms with Crippen LogP contribution in [-0.4, -0.2) is 11.6 Å². The highest BCUT2D eigenvalue weighted by atomic mass is 32.1. The van der Waals surface area contributed by atoms with Gasteiger partial charge < -0.3 is 10.5 Å². The number of benzene rings is 1. The van der Waals surface area contributed by atoms with Crippen molar-refractivity contribution in [1.82, 2.24) is 4.98 Å². The van der Waals surface area contributed by atoms with Gasteiger partial charge in [-0.3, -0.25) is 0 Å². The summed E-state index contributed by atoms with van der Waals surface area (Å²) < 4.78 is 5.31. The molecule has 0 amide bonds. The number of nitrogen functional groups attached to an aromatic ring is 1. The molecule has 2 N–H and O–H groups in total. The van der Waals surface area contributed by atoms with Gasteiger partial charge in [0.1, 0.15) is 0 Å². The molecule has 0 saturated carbocycles. The SMILES string of the molecule is CCOc1nc(N)sc1N=Nc1ccccc1. The second kappa shape index (κ2) is 5.40. The van der Waals surface area contributed by atoms with Crippen molar-refractivity contribution < 1.29 is 4.74 Å². The number of hydrogen-bond donors (Lipinski definition) is 1. The van der Waals surface area contributed by atoms with Gasteiger partial charge in [-0.2, -0.15) is 4.98 Å². The molecule has 0 aliphatic heterocycles. The fourth-order valence-corrected chi connectivity index (χ4v) is 1.81. The van der Waals surface area contributed by atoms with E-state index in [0.29, 0.717) is 22.6 Å². The molecular formula is C11H12N4OS. The van der Waals surface area contributed by atoms with Gasteiger partial charge in [0, 0.05) is 0 Å². The summed E-state index contributed by atoms with van der Waals surface area (Å²) in [7, 11) is 0. The summed E-state index contributed by atoms with van der Waals surface area (Å²) in [5.41, 5.74) is 6.38. The summed E-state index contributed by atoms with van der Waals surface area (Å²) in [6.45, 7) is 2.41. The minimum Gasteiger partial charge on any atom is -0.476 e. The molecule has 0 aliphatic carbocycles. The van der Waals surface area contributed by atoms with E-state index in [0.717, 1.165) is 5.69 Å². The maximum atomic E-state index is 5.60. The van der Waals surface area contributed by atoms with Gasteiger partial charge in [-0.15, -0.1) is 10.2 Å². The molecule has 1 aromatic carbocycles. The molecule has 0 atom stereocenters. The third-order valence-corrected chi connectivity index (χ3v) is 2.64. The average Bonchev–Trinajstić information content (AvgIpc) is 2.69. The van der Waals surface area contributed by atoms with Crippen molar-refractivity contribution in [2.75, 3.05) is 12.3 Å². The van der Waals surface area contributed by atoms with E-state index in [1.807, 2.05) is 37.3 Å². The van der Waals surface area contributed by atoms with Crippen molar-refractivity contribution in [3.63, 3.8) is 0 Å². The van der Waals surface area contributed by atoms with E-state index >= 15 is 0 Å². The van der Waals surface area contributed by atoms with Crippen molar-refractivity contribution in [3.8, 4) is 5.88 Å². The first kappa shape index (κ1) is 11.5. The molecule has 6 heteroatoms. The smallest absolute Gasteiger partial charge is 0.255 e. The van der Waals surface area contributed by atoms with E-state index in [9.17, 15) is 0 Å². The van der Waals surface area contributed by atoms with Crippen LogP contribution in [-0.2, 0) is 0 Å². The largest absolute Gasteiger partial charge is 0.476 e. The molecule has 1 aromatic heterocycles. The molecule has 17 heavy (non-hydrogen) atoms. The molecule has 0 bridgehead atoms. The van der Waals surface area contributed by atoms with Gasteiger partial charge in [0.15, 0.2) is 5.13 Å². The summed E-state index contributed by atoms with van der Waals surface area (Å²) >= 11 is 1.25. The zero-order chi connectivity index (χ0) is 12.1. The number of hydrogen-bond acceptors (Lipinski definition) is 6. The van der Waals surface area contributed by atoms with E-state index in [1.165, 1.54) is 11.3 Å². The number of rotatable bonds is 4. The van der Waals surface area contributed by atoms with Gasteiger partial charge in [0.05, 0.1) is 12.3 Å². The Labute approximate surface area is 103 Å². The molecular weight excluding hydrogens is 236 g/mol. The van der Waals surface area contributed by atoms with Crippen LogP contribution in [0, 0.1) is 0 Å². The summed E-state index contributed by atoms with van der Waals surface area (Å²) in [4.78, 5) is 4.03. The second-order valence-corrected chi connectivity index (χ2v) is 4.14. The zero-order valence-electron chi connectivity index (χ0n) is 9.33. The summed E-state index contributed by atoms with van der Waals surface area (Å²) in [5, 5.41) is 9.20. The fourth-order valence-electron chi connectivity index (χ4n) is 1.21. The fraction of sp³-hybridized carbons (Fsp3) is 0.182. The van der Waals surface area contributed by atoms with Gasteiger partial charge in [-0.05, 0) is 19.1 Å². The lowest BCUT2D eigenvalue weighted by molar-refractivity contribution is 0.330. The third-order valence-electron chi connectivity index (χ3n) is 1.89. The number of nitrogens with two attached hydrogens (primary N) is 1. The summed E-state index contributed by atoms with van der Waals surface area (Å²) in [5.74, 6) is 0.440. The Morgan fingerprint density at radius 3 is 2.76 bits per heavy atom. The first-order chi connectivity index (χ1) is 8.29. The minimum absolute atomic E-state index is 0.426. The molecule has 0 radical (unpaired) electrons. The van der Waals surface area contributed by atoms with Crippen molar-refractivity contribution in [1.29, 1.82) is 0 Å². The monoisotopic (exact) mass is 248 g/mol. The predicted molar refractivity (Wildman–Crippen MR) is 68.3 cm³/mol. The quantitative estimate of drug-likeness (QED) is 0.841. The molecule has 1 heterocycles. The van der Waals surface area contributed by atoms with Crippen LogP contribution < -0.4 is 10.5 Å². The van der Waals surface area contributed by atoms with Crippen LogP contribution in [0.1, 0.15) is 6.92 Å². The highest BCUT2D eigenvalue weighted by Gasteiger charge is 2.09. The molecule has 0 unspecified atom stereocenters. The van der Waals surface area contributed by atoms with Crippen molar-refractivity contribution in [3.05, 3.63) is 30.3 Å². The van der Waals surface area contributed by atoms with Crippen LogP contribution >= 0.6 is 11.3 Å². The van der Waals surface area contributed by atoms with Crippen LogP contribution in [0.3, 0.4) is 0 Å². The van der Waals surface area contributed by atoms with Crippen molar-refractivity contribution in [2.45, 2.75) is 6.92 Å². The van der Waals surface area contributed by atoms with E-state index in [-0.39, 0.29) is 0 Å². The van der Waals surface area contributed by atoms with Crippen molar-refractivity contribution in [2.24, 2.45) is 10.2 Å². The number of aromatic nitrogens is 1. The Bertz CT molecular complexity index is 509. The highest BCUT2D eigenvalue weighted by Crippen LogP contribution is 2.36. The normalized spacial score (nSPS) is 10.9. The zero-order valence-corrected chi connectivity index (χ0v) is 10.1. The number of anilines is 1. The summed E-state index contributed by atoms with van der Waals surface area (Å²) in [6.07, 6.45) is 0. The lowest BCUT2D eigenvalue weighted by atomic mass is 10.3. The number of thiazole rings is 1. The van der Waals surface area contributed by atoms with Gasteiger partial charge in [-0.1, -0.05) is 29.5 Å². The maximum absolute atomic E-state index is 5.60. The van der Waals surface area contributed by atoms with Crippen LogP contribution in [0.5, 0.6) is 5.88 Å². The standard InChI is InChI=1S/C11H12N4OS/c1-2-16-9-10(17-11(12)13-9)15-14-8-6-4-3-5-7-8/h3-7H,2H2,1H3,(H2,12,13). The maximum Gasteiger partial charge on any atom is 0.255 e. The first-order valence-corrected chi connectivity index (χ1v) is 5.97. The Hall–Kier alpha value is -1.95. The lowest BCUT2D eigenvalue weighted by Gasteiger charge is -1.97. The van der Waals surface area contributed by atoms with Crippen LogP contribution in [0.2, 0.25) is 0 Å². The van der Waals surface area contributed by atoms with E-state index in [4.69, 9.17) is 10.5 Å². The molecule has 88 valence electrons. The summed E-state index contributed by atoms with van der Waals surface area (Å²) in [6, 6.07) is 9.47. The molecule has 0 aliphatic rings. The Morgan fingerprint density at radius 1 is 1.29 bits per heavy atom. The van der Waals surface area contributed by atoms with Crippen molar-refractivity contribution >= 4 is 27.2 Å². The average molecular weight is 248 g/mol. The van der Waals surface area contributed by atoms with Gasteiger partial charge >= 0.3 is 0 Å². The Kier molecular flexibility index (Phi) is 3.66. The molecule has 2 aromatic rings. The minimum atomic E-state index is 0.426. The highest BCUT2D eigenvalue weighted by molar-refractivity contribution is 7.19. The van der Waals surface area contributed by atoms with Gasteiger partial charge in [-0.25, -0.2) is 0 Å². The molecule has 0 fully saturated rings. The van der Waals surface area contributed by atoms with Gasteiger partial charge in [0.25, 0.3) is 5.88 Å². The van der Waals surface area contributed by atoms with E-state index in [1.54, 1.807) is 0 Å². The Morgan fingerprint density at radius 2 is 2.06 bits per heavy atom. The van der Waals surface area contributed by atoms with Crippen LogP contribution in [0.15, 0.2) is 40.6 Å². The van der Waals surface area contributed by atoms with Gasteiger partial charge in [0.2, 0.25) is 5.00 Å². The van der Waals surface area contributed by atoms with Crippen LogP contribution in [0.25, 0.3) is 0 Å². The second-order valence-electron chi connectivity index (χ2n) is 3.13. The predicted octanol–water partition coefficient (Wildman–Crippen LogP) is 3.54. The molecule has 0 saturated heterocycles. The molecule has 0 spiro atoms. The van der Waals surface area contributed by atoms with Crippen LogP contribution in [0.4, 0.5) is 15.8 Å². The third kappa shape index (κ3) is 3.01. The topological polar surface area (TPSA) is 72.9 Å². The van der Waals surface area contributed by atoms with E-state index < -0.39 is 0 Å². The molecule has 5 nitrogen and oxygen atoms in total. The van der Waals surface area contributed by atoms with E-state index in [2.05, 4.69) is 15.2 Å². The Balaban J connectivity index is 2.20.